The van der Waals surface area contributed by atoms with Gasteiger partial charge in [0.25, 0.3) is 0 Å². The average molecular weight is 250 g/mol. The smallest absolute Gasteiger partial charge is 0.242 e. The Morgan fingerprint density at radius 3 is 2.94 bits per heavy atom. The Morgan fingerprint density at radius 1 is 1.69 bits per heavy atom. The Hall–Kier alpha value is -0.810. The highest BCUT2D eigenvalue weighted by Gasteiger charge is 2.25. The van der Waals surface area contributed by atoms with Gasteiger partial charge in [-0.3, -0.25) is 9.59 Å². The Morgan fingerprint density at radius 2 is 2.38 bits per heavy atom. The van der Waals surface area contributed by atoms with Crippen LogP contribution in [0.15, 0.2) is 0 Å². The number of piperidine rings is 1. The van der Waals surface area contributed by atoms with Crippen LogP contribution in [0, 0.1) is 0 Å². The second-order valence-electron chi connectivity index (χ2n) is 3.89. The number of hydrogen-bond donors (Lipinski definition) is 3. The lowest BCUT2D eigenvalue weighted by atomic mass is 10.1. The van der Waals surface area contributed by atoms with Crippen molar-refractivity contribution in [1.29, 1.82) is 0 Å². The van der Waals surface area contributed by atoms with Crippen LogP contribution in [-0.2, 0) is 9.59 Å². The second-order valence-corrected chi connectivity index (χ2v) is 3.89. The Balaban J connectivity index is 0.00000225. The minimum absolute atomic E-state index is 0. The summed E-state index contributed by atoms with van der Waals surface area (Å²) in [4.78, 5) is 22.9. The first-order valence-electron chi connectivity index (χ1n) is 5.48. The zero-order valence-corrected chi connectivity index (χ0v) is 10.3. The van der Waals surface area contributed by atoms with Crippen molar-refractivity contribution in [3.8, 4) is 0 Å². The highest BCUT2D eigenvalue weighted by atomic mass is 35.5. The number of nitrogens with two attached hydrogens (primary N) is 1. The van der Waals surface area contributed by atoms with Gasteiger partial charge >= 0.3 is 0 Å². The molecular weight excluding hydrogens is 230 g/mol. The molecule has 2 amide bonds. The zero-order valence-electron chi connectivity index (χ0n) is 9.49. The van der Waals surface area contributed by atoms with E-state index in [0.717, 1.165) is 12.8 Å². The number of rotatable bonds is 4. The highest BCUT2D eigenvalue weighted by molar-refractivity contribution is 5.89. The van der Waals surface area contributed by atoms with Crippen molar-refractivity contribution in [1.82, 2.24) is 10.6 Å². The van der Waals surface area contributed by atoms with Gasteiger partial charge in [-0.2, -0.15) is 0 Å². The topological polar surface area (TPSA) is 84.2 Å². The molecule has 2 unspecified atom stereocenters. The maximum absolute atomic E-state index is 11.5. The van der Waals surface area contributed by atoms with Gasteiger partial charge in [-0.1, -0.05) is 13.3 Å². The van der Waals surface area contributed by atoms with E-state index in [9.17, 15) is 9.59 Å². The first kappa shape index (κ1) is 15.2. The molecule has 1 heterocycles. The predicted molar refractivity (Wildman–Crippen MR) is 64.3 cm³/mol. The molecule has 0 bridgehead atoms. The number of amides is 2. The molecule has 1 saturated heterocycles. The molecule has 1 rings (SSSR count). The van der Waals surface area contributed by atoms with E-state index in [4.69, 9.17) is 5.73 Å². The quantitative estimate of drug-likeness (QED) is 0.652. The van der Waals surface area contributed by atoms with Crippen LogP contribution in [0.3, 0.4) is 0 Å². The van der Waals surface area contributed by atoms with Gasteiger partial charge in [0, 0.05) is 6.54 Å². The standard InChI is InChI=1S/C10H19N3O2.ClH/c1-2-4-7(11)9(14)13-8-5-3-6-12-10(8)15;/h7-8H,2-6,11H2,1H3,(H,12,15)(H,13,14);1H. The fraction of sp³-hybridized carbons (Fsp3) is 0.800. The van der Waals surface area contributed by atoms with Crippen molar-refractivity contribution in [2.45, 2.75) is 44.7 Å². The maximum Gasteiger partial charge on any atom is 0.242 e. The molecule has 94 valence electrons. The van der Waals surface area contributed by atoms with Crippen LogP contribution >= 0.6 is 12.4 Å². The predicted octanol–water partition coefficient (Wildman–Crippen LogP) is -0.0696. The molecule has 0 radical (unpaired) electrons. The van der Waals surface area contributed by atoms with Crippen LogP contribution in [-0.4, -0.2) is 30.4 Å². The minimum Gasteiger partial charge on any atom is -0.354 e. The van der Waals surface area contributed by atoms with Crippen LogP contribution in [0.4, 0.5) is 0 Å². The lowest BCUT2D eigenvalue weighted by Gasteiger charge is -2.24. The number of nitrogens with one attached hydrogen (secondary N) is 2. The average Bonchev–Trinajstić information content (AvgIpc) is 2.21. The van der Waals surface area contributed by atoms with Crippen molar-refractivity contribution < 1.29 is 9.59 Å². The summed E-state index contributed by atoms with van der Waals surface area (Å²) in [5.41, 5.74) is 5.65. The van der Waals surface area contributed by atoms with Gasteiger partial charge in [0.1, 0.15) is 6.04 Å². The van der Waals surface area contributed by atoms with Crippen molar-refractivity contribution in [3.63, 3.8) is 0 Å². The maximum atomic E-state index is 11.5. The monoisotopic (exact) mass is 249 g/mol. The molecule has 5 nitrogen and oxygen atoms in total. The van der Waals surface area contributed by atoms with Crippen LogP contribution in [0.25, 0.3) is 0 Å². The first-order chi connectivity index (χ1) is 7.15. The minimum atomic E-state index is -0.496. The Kier molecular flexibility index (Phi) is 7.08. The first-order valence-corrected chi connectivity index (χ1v) is 5.48. The van der Waals surface area contributed by atoms with E-state index in [-0.39, 0.29) is 24.2 Å². The molecule has 1 aliphatic rings. The lowest BCUT2D eigenvalue weighted by Crippen LogP contribution is -2.53. The summed E-state index contributed by atoms with van der Waals surface area (Å²) in [6.07, 6.45) is 3.13. The van der Waals surface area contributed by atoms with Crippen molar-refractivity contribution in [2.24, 2.45) is 5.73 Å². The van der Waals surface area contributed by atoms with Gasteiger partial charge in [-0.25, -0.2) is 0 Å². The molecule has 16 heavy (non-hydrogen) atoms. The van der Waals surface area contributed by atoms with Crippen LogP contribution < -0.4 is 16.4 Å². The van der Waals surface area contributed by atoms with Crippen LogP contribution in [0.5, 0.6) is 0 Å². The Labute approximate surface area is 102 Å². The number of carbonyl (C=O) groups is 2. The molecule has 0 aliphatic carbocycles. The number of halogens is 1. The Bertz CT molecular complexity index is 248. The van der Waals surface area contributed by atoms with Crippen molar-refractivity contribution in [2.75, 3.05) is 6.54 Å². The molecule has 6 heteroatoms. The van der Waals surface area contributed by atoms with E-state index >= 15 is 0 Å². The zero-order chi connectivity index (χ0) is 11.3. The molecule has 2 atom stereocenters. The van der Waals surface area contributed by atoms with Crippen LogP contribution in [0.1, 0.15) is 32.6 Å². The van der Waals surface area contributed by atoms with Crippen molar-refractivity contribution in [3.05, 3.63) is 0 Å². The van der Waals surface area contributed by atoms with E-state index in [1.165, 1.54) is 0 Å². The SMILES string of the molecule is CCCC(N)C(=O)NC1CCCNC1=O.Cl. The van der Waals surface area contributed by atoms with E-state index in [0.29, 0.717) is 19.4 Å². The molecule has 0 spiro atoms. The third kappa shape index (κ3) is 4.37. The van der Waals surface area contributed by atoms with Gasteiger partial charge in [-0.05, 0) is 19.3 Å². The fourth-order valence-corrected chi connectivity index (χ4v) is 1.63. The van der Waals surface area contributed by atoms with E-state index in [1.807, 2.05) is 6.92 Å². The van der Waals surface area contributed by atoms with E-state index in [2.05, 4.69) is 10.6 Å². The third-order valence-corrected chi connectivity index (χ3v) is 2.54. The second kappa shape index (κ2) is 7.46. The van der Waals surface area contributed by atoms with Gasteiger partial charge < -0.3 is 16.4 Å². The van der Waals surface area contributed by atoms with E-state index < -0.39 is 12.1 Å². The molecule has 4 N–H and O–H groups in total. The lowest BCUT2D eigenvalue weighted by molar-refractivity contribution is -0.130. The third-order valence-electron chi connectivity index (χ3n) is 2.54. The molecule has 0 saturated carbocycles. The van der Waals surface area contributed by atoms with Gasteiger partial charge in [0.05, 0.1) is 6.04 Å². The van der Waals surface area contributed by atoms with Crippen LogP contribution in [0.2, 0.25) is 0 Å². The van der Waals surface area contributed by atoms with Gasteiger partial charge in [0.15, 0.2) is 0 Å². The summed E-state index contributed by atoms with van der Waals surface area (Å²) in [5.74, 6) is -0.322. The molecular formula is C10H20ClN3O2. The molecule has 1 fully saturated rings. The van der Waals surface area contributed by atoms with E-state index in [1.54, 1.807) is 0 Å². The summed E-state index contributed by atoms with van der Waals surface area (Å²) in [6.45, 7) is 2.67. The number of hydrogen-bond acceptors (Lipinski definition) is 3. The molecule has 0 aromatic carbocycles. The highest BCUT2D eigenvalue weighted by Crippen LogP contribution is 2.03. The number of carbonyl (C=O) groups excluding carboxylic acids is 2. The summed E-state index contributed by atoms with van der Waals surface area (Å²) in [6, 6.07) is -0.890. The van der Waals surface area contributed by atoms with Crippen molar-refractivity contribution >= 4 is 24.2 Å². The fourth-order valence-electron chi connectivity index (χ4n) is 1.63. The van der Waals surface area contributed by atoms with Gasteiger partial charge in [-0.15, -0.1) is 12.4 Å². The summed E-state index contributed by atoms with van der Waals surface area (Å²) >= 11 is 0. The molecule has 0 aromatic heterocycles. The summed E-state index contributed by atoms with van der Waals surface area (Å²) in [5, 5.41) is 5.39. The summed E-state index contributed by atoms with van der Waals surface area (Å²) < 4.78 is 0. The normalized spacial score (nSPS) is 21.6. The largest absolute Gasteiger partial charge is 0.354 e. The molecule has 1 aliphatic heterocycles. The summed E-state index contributed by atoms with van der Waals surface area (Å²) in [7, 11) is 0. The molecule has 0 aromatic rings. The van der Waals surface area contributed by atoms with Gasteiger partial charge in [0.2, 0.25) is 11.8 Å².